The molecule has 0 bridgehead atoms. The minimum absolute atomic E-state index is 0.142. The lowest BCUT2D eigenvalue weighted by Crippen LogP contribution is -2.09. The van der Waals surface area contributed by atoms with Gasteiger partial charge in [0.15, 0.2) is 0 Å². The van der Waals surface area contributed by atoms with E-state index in [1.807, 2.05) is 60.7 Å². The molecular weight excluding hydrogens is 426 g/mol. The molecule has 1 aromatic heterocycles. The summed E-state index contributed by atoms with van der Waals surface area (Å²) in [6.07, 6.45) is 0.633. The second-order valence-corrected chi connectivity index (χ2v) is 7.75. The maximum atomic E-state index is 12.8. The number of carboxylic acid groups (broad SMARTS) is 1. The van der Waals surface area contributed by atoms with Crippen molar-refractivity contribution < 1.29 is 14.7 Å². The molecule has 0 fully saturated rings. The van der Waals surface area contributed by atoms with Crippen LogP contribution < -0.4 is 0 Å². The van der Waals surface area contributed by atoms with Crippen molar-refractivity contribution >= 4 is 11.8 Å². The van der Waals surface area contributed by atoms with Gasteiger partial charge in [-0.25, -0.2) is 14.5 Å². The number of carbonyl (C=O) groups is 2. The van der Waals surface area contributed by atoms with Crippen molar-refractivity contribution in [2.75, 3.05) is 0 Å². The molecular formula is C28H23N3O3. The smallest absolute Gasteiger partial charge is 0.336 e. The Kier molecular flexibility index (Phi) is 6.95. The largest absolute Gasteiger partial charge is 0.478 e. The quantitative estimate of drug-likeness (QED) is 0.312. The molecule has 34 heavy (non-hydrogen) atoms. The number of hydrogen-bond donors (Lipinski definition) is 1. The first-order valence-corrected chi connectivity index (χ1v) is 10.9. The van der Waals surface area contributed by atoms with E-state index in [0.29, 0.717) is 24.4 Å². The zero-order valence-corrected chi connectivity index (χ0v) is 18.7. The number of rotatable bonds is 8. The van der Waals surface area contributed by atoms with Gasteiger partial charge < -0.3 is 5.11 Å². The Morgan fingerprint density at radius 2 is 1.62 bits per heavy atom. The van der Waals surface area contributed by atoms with Crippen molar-refractivity contribution in [3.63, 3.8) is 0 Å². The number of benzene rings is 3. The molecule has 4 rings (SSSR count). The number of aromatic carboxylic acids is 1. The fourth-order valence-electron chi connectivity index (χ4n) is 3.66. The van der Waals surface area contributed by atoms with Crippen LogP contribution in [0.2, 0.25) is 0 Å². The van der Waals surface area contributed by atoms with Crippen molar-refractivity contribution in [1.82, 2.24) is 14.8 Å². The molecule has 0 saturated carbocycles. The molecule has 0 saturated heterocycles. The molecule has 0 spiro atoms. The maximum absolute atomic E-state index is 12.8. The van der Waals surface area contributed by atoms with Crippen LogP contribution in [0.1, 0.15) is 44.9 Å². The van der Waals surface area contributed by atoms with Crippen molar-refractivity contribution in [2.45, 2.75) is 26.3 Å². The maximum Gasteiger partial charge on any atom is 0.336 e. The van der Waals surface area contributed by atoms with Gasteiger partial charge in [0.2, 0.25) is 11.6 Å². The van der Waals surface area contributed by atoms with Gasteiger partial charge in [-0.3, -0.25) is 4.79 Å². The summed E-state index contributed by atoms with van der Waals surface area (Å²) in [7, 11) is 0. The van der Waals surface area contributed by atoms with Crippen LogP contribution in [0.5, 0.6) is 0 Å². The molecule has 6 nitrogen and oxygen atoms in total. The Morgan fingerprint density at radius 1 is 0.912 bits per heavy atom. The molecule has 0 aliphatic heterocycles. The summed E-state index contributed by atoms with van der Waals surface area (Å²) < 4.78 is 1.71. The molecule has 0 aliphatic rings. The minimum Gasteiger partial charge on any atom is -0.478 e. The van der Waals surface area contributed by atoms with Crippen molar-refractivity contribution in [3.8, 4) is 23.0 Å². The fourth-order valence-corrected chi connectivity index (χ4v) is 3.66. The van der Waals surface area contributed by atoms with Crippen LogP contribution in [0.25, 0.3) is 11.1 Å². The van der Waals surface area contributed by atoms with Crippen LogP contribution in [0, 0.1) is 11.8 Å². The topological polar surface area (TPSA) is 85.1 Å². The van der Waals surface area contributed by atoms with Gasteiger partial charge in [-0.05, 0) is 35.2 Å². The van der Waals surface area contributed by atoms with E-state index >= 15 is 0 Å². The predicted molar refractivity (Wildman–Crippen MR) is 130 cm³/mol. The molecule has 4 aromatic rings. The summed E-state index contributed by atoms with van der Waals surface area (Å²) >= 11 is 0. The summed E-state index contributed by atoms with van der Waals surface area (Å²) in [6, 6.07) is 24.1. The Morgan fingerprint density at radius 3 is 2.32 bits per heavy atom. The minimum atomic E-state index is -0.961. The average Bonchev–Trinajstić information content (AvgIpc) is 3.26. The first-order valence-electron chi connectivity index (χ1n) is 10.9. The van der Waals surface area contributed by atoms with Gasteiger partial charge in [0, 0.05) is 6.42 Å². The standard InChI is InChI=1S/C28H23N3O3/c1-2-3-13-26-29-27(25(32)18-20-9-5-4-6-10-20)30-31(26)19-21-14-16-22(17-15-21)23-11-7-8-12-24(23)28(33)34/h4-12,14-17H,13,18-19H2,1H3,(H,33,34). The van der Waals surface area contributed by atoms with Crippen molar-refractivity contribution in [3.05, 3.63) is 107 Å². The number of carbonyl (C=O) groups excluding carboxylic acids is 1. The molecule has 0 amide bonds. The van der Waals surface area contributed by atoms with Gasteiger partial charge in [0.25, 0.3) is 0 Å². The van der Waals surface area contributed by atoms with Crippen molar-refractivity contribution in [1.29, 1.82) is 0 Å². The molecule has 0 atom stereocenters. The van der Waals surface area contributed by atoms with Gasteiger partial charge in [-0.2, -0.15) is 0 Å². The zero-order valence-electron chi connectivity index (χ0n) is 18.7. The number of Topliss-reactive ketones (excluding diaryl/α,β-unsaturated/α-hetero) is 1. The van der Waals surface area contributed by atoms with E-state index in [2.05, 4.69) is 21.9 Å². The summed E-state index contributed by atoms with van der Waals surface area (Å²) in [6.45, 7) is 2.18. The molecule has 0 radical (unpaired) electrons. The van der Waals surface area contributed by atoms with E-state index in [1.54, 1.807) is 29.8 Å². The average molecular weight is 450 g/mol. The first-order chi connectivity index (χ1) is 16.5. The van der Waals surface area contributed by atoms with Gasteiger partial charge in [0.1, 0.15) is 5.82 Å². The Hall–Kier alpha value is -4.50. The monoisotopic (exact) mass is 449 g/mol. The summed E-state index contributed by atoms with van der Waals surface area (Å²) in [4.78, 5) is 28.8. The first kappa shape index (κ1) is 22.7. The predicted octanol–water partition coefficient (Wildman–Crippen LogP) is 4.68. The fraction of sp³-hybridized carbons (Fsp3) is 0.143. The highest BCUT2D eigenvalue weighted by Gasteiger charge is 2.17. The Labute approximate surface area is 197 Å². The number of ketones is 1. The van der Waals surface area contributed by atoms with Crippen LogP contribution in [-0.2, 0) is 19.4 Å². The molecule has 6 heteroatoms. The highest BCUT2D eigenvalue weighted by molar-refractivity contribution is 5.96. The van der Waals surface area contributed by atoms with Gasteiger partial charge in [-0.1, -0.05) is 78.7 Å². The molecule has 168 valence electrons. The van der Waals surface area contributed by atoms with Crippen LogP contribution in [0.4, 0.5) is 0 Å². The van der Waals surface area contributed by atoms with Crippen molar-refractivity contribution in [2.24, 2.45) is 0 Å². The molecule has 1 heterocycles. The lowest BCUT2D eigenvalue weighted by atomic mass is 9.99. The van der Waals surface area contributed by atoms with Gasteiger partial charge in [-0.15, -0.1) is 11.0 Å². The van der Waals surface area contributed by atoms with E-state index < -0.39 is 5.97 Å². The molecule has 1 N–H and O–H groups in total. The van der Waals surface area contributed by atoms with Crippen LogP contribution in [0.3, 0.4) is 0 Å². The second kappa shape index (κ2) is 10.4. The zero-order chi connectivity index (χ0) is 23.9. The van der Waals surface area contributed by atoms with Gasteiger partial charge >= 0.3 is 5.97 Å². The Balaban J connectivity index is 1.57. The lowest BCUT2D eigenvalue weighted by molar-refractivity contribution is 0.0697. The number of aromatic nitrogens is 3. The molecule has 3 aromatic carbocycles. The van der Waals surface area contributed by atoms with Crippen LogP contribution in [0.15, 0.2) is 78.9 Å². The van der Waals surface area contributed by atoms with Crippen LogP contribution >= 0.6 is 0 Å². The van der Waals surface area contributed by atoms with E-state index in [-0.39, 0.29) is 23.6 Å². The number of nitrogens with zero attached hydrogens (tertiary/aromatic N) is 3. The van der Waals surface area contributed by atoms with E-state index in [1.165, 1.54) is 0 Å². The third-order valence-electron chi connectivity index (χ3n) is 5.38. The van der Waals surface area contributed by atoms with E-state index in [4.69, 9.17) is 0 Å². The number of carboxylic acids is 1. The normalized spacial score (nSPS) is 10.4. The molecule has 0 unspecified atom stereocenters. The van der Waals surface area contributed by atoms with E-state index in [9.17, 15) is 14.7 Å². The third-order valence-corrected chi connectivity index (χ3v) is 5.38. The summed E-state index contributed by atoms with van der Waals surface area (Å²) in [5, 5.41) is 13.9. The second-order valence-electron chi connectivity index (χ2n) is 7.75. The highest BCUT2D eigenvalue weighted by atomic mass is 16.4. The SMILES string of the molecule is CC#CCc1nc(C(=O)Cc2ccccc2)nn1Cc1ccc(-c2ccccc2C(=O)O)cc1. The summed E-state index contributed by atoms with van der Waals surface area (Å²) in [5.74, 6) is 5.57. The van der Waals surface area contributed by atoms with Gasteiger partial charge in [0.05, 0.1) is 18.5 Å². The molecule has 0 aliphatic carbocycles. The van der Waals surface area contributed by atoms with Crippen LogP contribution in [-0.4, -0.2) is 31.6 Å². The lowest BCUT2D eigenvalue weighted by Gasteiger charge is -2.08. The number of hydrogen-bond acceptors (Lipinski definition) is 4. The summed E-state index contributed by atoms with van der Waals surface area (Å²) in [5.41, 5.74) is 3.60. The highest BCUT2D eigenvalue weighted by Crippen LogP contribution is 2.24. The Bertz CT molecular complexity index is 1380. The van der Waals surface area contributed by atoms with E-state index in [0.717, 1.165) is 16.7 Å². The third kappa shape index (κ3) is 5.28.